The molecule has 0 unspecified atom stereocenters. The Kier molecular flexibility index (Phi) is 5.34. The van der Waals surface area contributed by atoms with Crippen molar-refractivity contribution in [3.05, 3.63) is 60.7 Å². The van der Waals surface area contributed by atoms with Crippen molar-refractivity contribution in [2.45, 2.75) is 17.4 Å². The highest BCUT2D eigenvalue weighted by Gasteiger charge is 2.39. The normalized spacial score (nSPS) is 18.2. The van der Waals surface area contributed by atoms with Crippen LogP contribution in [0.15, 0.2) is 65.6 Å². The van der Waals surface area contributed by atoms with E-state index in [1.165, 1.54) is 12.1 Å². The van der Waals surface area contributed by atoms with Gasteiger partial charge in [0.15, 0.2) is 0 Å². The number of piperazine rings is 1. The number of carbonyl (C=O) groups is 2. The third-order valence-electron chi connectivity index (χ3n) is 4.07. The van der Waals surface area contributed by atoms with Gasteiger partial charge >= 0.3 is 0 Å². The van der Waals surface area contributed by atoms with Gasteiger partial charge in [0.2, 0.25) is 21.8 Å². The number of nitrogens with one attached hydrogen (secondary N) is 2. The zero-order chi connectivity index (χ0) is 18.6. The van der Waals surface area contributed by atoms with E-state index < -0.39 is 27.9 Å². The molecule has 1 aliphatic heterocycles. The Hall–Kier alpha value is -2.71. The lowest BCUT2D eigenvalue weighted by molar-refractivity contribution is -0.130. The second-order valence-corrected chi connectivity index (χ2v) is 7.74. The fourth-order valence-corrected chi connectivity index (χ4v) is 4.42. The lowest BCUT2D eigenvalue weighted by atomic mass is 10.1. The summed E-state index contributed by atoms with van der Waals surface area (Å²) in [6.45, 7) is 0.327. The SMILES string of the molecule is O=C(C[C@H]1C(=O)NCCN1S(=O)(=O)c1ccccc1)Nc1ccccc1. The number of para-hydroxylation sites is 1. The van der Waals surface area contributed by atoms with Gasteiger partial charge in [-0.2, -0.15) is 4.31 Å². The number of benzene rings is 2. The van der Waals surface area contributed by atoms with Crippen LogP contribution in [-0.4, -0.2) is 43.7 Å². The number of anilines is 1. The Labute approximate surface area is 152 Å². The highest BCUT2D eigenvalue weighted by Crippen LogP contribution is 2.21. The van der Waals surface area contributed by atoms with Gasteiger partial charge in [-0.1, -0.05) is 36.4 Å². The summed E-state index contributed by atoms with van der Waals surface area (Å²) in [4.78, 5) is 24.7. The van der Waals surface area contributed by atoms with Crippen molar-refractivity contribution in [3.8, 4) is 0 Å². The van der Waals surface area contributed by atoms with Crippen molar-refractivity contribution in [1.29, 1.82) is 0 Å². The Morgan fingerprint density at radius 3 is 2.35 bits per heavy atom. The van der Waals surface area contributed by atoms with Crippen molar-refractivity contribution in [2.24, 2.45) is 0 Å². The van der Waals surface area contributed by atoms with E-state index >= 15 is 0 Å². The van der Waals surface area contributed by atoms with E-state index in [0.29, 0.717) is 5.69 Å². The number of carbonyl (C=O) groups excluding carboxylic acids is 2. The summed E-state index contributed by atoms with van der Waals surface area (Å²) < 4.78 is 26.9. The summed E-state index contributed by atoms with van der Waals surface area (Å²) in [7, 11) is -3.87. The minimum Gasteiger partial charge on any atom is -0.353 e. The molecule has 3 rings (SSSR count). The van der Waals surface area contributed by atoms with Crippen LogP contribution in [0, 0.1) is 0 Å². The van der Waals surface area contributed by atoms with Gasteiger partial charge in [0.05, 0.1) is 11.3 Å². The number of amides is 2. The molecule has 8 heteroatoms. The maximum absolute atomic E-state index is 12.9. The van der Waals surface area contributed by atoms with Crippen LogP contribution >= 0.6 is 0 Å². The van der Waals surface area contributed by atoms with Crippen molar-refractivity contribution < 1.29 is 18.0 Å². The van der Waals surface area contributed by atoms with Gasteiger partial charge in [-0.15, -0.1) is 0 Å². The van der Waals surface area contributed by atoms with Crippen molar-refractivity contribution in [3.63, 3.8) is 0 Å². The van der Waals surface area contributed by atoms with Crippen LogP contribution in [0.4, 0.5) is 5.69 Å². The number of hydrogen-bond acceptors (Lipinski definition) is 4. The van der Waals surface area contributed by atoms with Gasteiger partial charge in [-0.3, -0.25) is 9.59 Å². The van der Waals surface area contributed by atoms with Crippen LogP contribution in [0.2, 0.25) is 0 Å². The monoisotopic (exact) mass is 373 g/mol. The zero-order valence-electron chi connectivity index (χ0n) is 14.0. The molecule has 1 atom stereocenters. The number of rotatable bonds is 5. The molecule has 2 aromatic carbocycles. The molecule has 0 saturated carbocycles. The third kappa shape index (κ3) is 3.92. The zero-order valence-corrected chi connectivity index (χ0v) is 14.8. The van der Waals surface area contributed by atoms with Crippen molar-refractivity contribution in [2.75, 3.05) is 18.4 Å². The van der Waals surface area contributed by atoms with Gasteiger partial charge in [0.25, 0.3) is 0 Å². The number of sulfonamides is 1. The molecule has 0 aromatic heterocycles. The van der Waals surface area contributed by atoms with E-state index in [1.807, 2.05) is 6.07 Å². The summed E-state index contributed by atoms with van der Waals surface area (Å²) in [5.74, 6) is -0.898. The van der Waals surface area contributed by atoms with Crippen LogP contribution in [0.25, 0.3) is 0 Å². The Morgan fingerprint density at radius 2 is 1.69 bits per heavy atom. The molecule has 2 N–H and O–H groups in total. The minimum absolute atomic E-state index is 0.100. The molecule has 0 radical (unpaired) electrons. The topological polar surface area (TPSA) is 95.6 Å². The molecule has 2 amide bonds. The van der Waals surface area contributed by atoms with Gasteiger partial charge < -0.3 is 10.6 Å². The second-order valence-electron chi connectivity index (χ2n) is 5.85. The van der Waals surface area contributed by atoms with Crippen LogP contribution < -0.4 is 10.6 Å². The Bertz CT molecular complexity index is 885. The van der Waals surface area contributed by atoms with E-state index in [4.69, 9.17) is 0 Å². The largest absolute Gasteiger partial charge is 0.353 e. The predicted octanol–water partition coefficient (Wildman–Crippen LogP) is 1.20. The van der Waals surface area contributed by atoms with Crippen LogP contribution in [0.3, 0.4) is 0 Å². The average Bonchev–Trinajstić information content (AvgIpc) is 2.65. The molecule has 1 fully saturated rings. The van der Waals surface area contributed by atoms with E-state index in [9.17, 15) is 18.0 Å². The quantitative estimate of drug-likeness (QED) is 0.823. The molecular formula is C18H19N3O4S. The van der Waals surface area contributed by atoms with Gasteiger partial charge in [-0.25, -0.2) is 8.42 Å². The Morgan fingerprint density at radius 1 is 1.08 bits per heavy atom. The molecule has 1 saturated heterocycles. The summed E-state index contributed by atoms with van der Waals surface area (Å²) in [5.41, 5.74) is 0.589. The molecule has 1 aliphatic rings. The van der Waals surface area contributed by atoms with Gasteiger partial charge in [0.1, 0.15) is 6.04 Å². The fourth-order valence-electron chi connectivity index (χ4n) is 2.81. The summed E-state index contributed by atoms with van der Waals surface area (Å²) in [6.07, 6.45) is -0.257. The molecule has 0 spiro atoms. The maximum Gasteiger partial charge on any atom is 0.243 e. The molecule has 2 aromatic rings. The van der Waals surface area contributed by atoms with E-state index in [0.717, 1.165) is 4.31 Å². The number of hydrogen-bond donors (Lipinski definition) is 2. The third-order valence-corrected chi connectivity index (χ3v) is 5.99. The first-order valence-corrected chi connectivity index (χ1v) is 9.62. The first-order valence-electron chi connectivity index (χ1n) is 8.18. The summed E-state index contributed by atoms with van der Waals surface area (Å²) >= 11 is 0. The molecule has 0 aliphatic carbocycles. The van der Waals surface area contributed by atoms with Crippen LogP contribution in [0.5, 0.6) is 0 Å². The van der Waals surface area contributed by atoms with E-state index in [1.54, 1.807) is 42.5 Å². The van der Waals surface area contributed by atoms with Crippen molar-refractivity contribution >= 4 is 27.5 Å². The molecular weight excluding hydrogens is 354 g/mol. The number of nitrogens with zero attached hydrogens (tertiary/aromatic N) is 1. The molecule has 1 heterocycles. The van der Waals surface area contributed by atoms with Gasteiger partial charge in [-0.05, 0) is 24.3 Å². The minimum atomic E-state index is -3.87. The maximum atomic E-state index is 12.9. The highest BCUT2D eigenvalue weighted by molar-refractivity contribution is 7.89. The second kappa shape index (κ2) is 7.67. The van der Waals surface area contributed by atoms with Gasteiger partial charge in [0, 0.05) is 18.8 Å². The first-order chi connectivity index (χ1) is 12.5. The predicted molar refractivity (Wildman–Crippen MR) is 96.8 cm³/mol. The van der Waals surface area contributed by atoms with Crippen LogP contribution in [0.1, 0.15) is 6.42 Å². The Balaban J connectivity index is 1.81. The first kappa shape index (κ1) is 18.1. The molecule has 26 heavy (non-hydrogen) atoms. The van der Waals surface area contributed by atoms with E-state index in [-0.39, 0.29) is 24.4 Å². The highest BCUT2D eigenvalue weighted by atomic mass is 32.2. The fraction of sp³-hybridized carbons (Fsp3) is 0.222. The standard InChI is InChI=1S/C18H19N3O4S/c22-17(20-14-7-3-1-4-8-14)13-16-18(23)19-11-12-21(16)26(24,25)15-9-5-2-6-10-15/h1-10,16H,11-13H2,(H,19,23)(H,20,22)/t16-/m0/s1. The van der Waals surface area contributed by atoms with Crippen molar-refractivity contribution in [1.82, 2.24) is 9.62 Å². The van der Waals surface area contributed by atoms with Crippen LogP contribution in [-0.2, 0) is 19.6 Å². The smallest absolute Gasteiger partial charge is 0.243 e. The lowest BCUT2D eigenvalue weighted by Gasteiger charge is -2.33. The van der Waals surface area contributed by atoms with E-state index in [2.05, 4.69) is 10.6 Å². The molecule has 0 bridgehead atoms. The lowest BCUT2D eigenvalue weighted by Crippen LogP contribution is -2.57. The molecule has 136 valence electrons. The summed E-state index contributed by atoms with van der Waals surface area (Å²) in [6, 6.07) is 15.6. The summed E-state index contributed by atoms with van der Waals surface area (Å²) in [5, 5.41) is 5.31. The average molecular weight is 373 g/mol. The molecule has 7 nitrogen and oxygen atoms in total.